The van der Waals surface area contributed by atoms with Gasteiger partial charge in [-0.2, -0.15) is 5.26 Å². The molecule has 0 spiro atoms. The maximum Gasteiger partial charge on any atom is 0.135 e. The molecule has 108 valence electrons. The van der Waals surface area contributed by atoms with E-state index < -0.39 is 11.9 Å². The average Bonchev–Trinajstić information content (AvgIpc) is 2.46. The van der Waals surface area contributed by atoms with Crippen molar-refractivity contribution in [1.82, 2.24) is 0 Å². The highest BCUT2D eigenvalue weighted by Crippen LogP contribution is 2.32. The largest absolute Gasteiger partial charge is 0.497 e. The van der Waals surface area contributed by atoms with Crippen LogP contribution in [0.5, 0.6) is 17.2 Å². The van der Waals surface area contributed by atoms with Gasteiger partial charge in [0, 0.05) is 17.7 Å². The number of nitriles is 1. The van der Waals surface area contributed by atoms with Gasteiger partial charge in [0.1, 0.15) is 23.1 Å². The molecular weight excluding hydrogens is 271 g/mol. The van der Waals surface area contributed by atoms with Crippen LogP contribution in [0.1, 0.15) is 24.1 Å². The van der Waals surface area contributed by atoms with Crippen LogP contribution in [0, 0.1) is 17.1 Å². The molecule has 0 heterocycles. The van der Waals surface area contributed by atoms with Gasteiger partial charge in [-0.1, -0.05) is 6.07 Å². The van der Waals surface area contributed by atoms with E-state index in [1.165, 1.54) is 13.2 Å². The molecule has 0 aliphatic heterocycles. The van der Waals surface area contributed by atoms with E-state index in [2.05, 4.69) is 0 Å². The molecule has 0 bridgehead atoms. The van der Waals surface area contributed by atoms with Gasteiger partial charge in [0.05, 0.1) is 18.7 Å². The highest BCUT2D eigenvalue weighted by atomic mass is 19.1. The second kappa shape index (κ2) is 6.25. The summed E-state index contributed by atoms with van der Waals surface area (Å²) < 4.78 is 24.6. The van der Waals surface area contributed by atoms with E-state index in [1.54, 1.807) is 37.3 Å². The minimum Gasteiger partial charge on any atom is -0.497 e. The van der Waals surface area contributed by atoms with Crippen LogP contribution < -0.4 is 15.2 Å². The fourth-order valence-corrected chi connectivity index (χ4v) is 1.99. The predicted octanol–water partition coefficient (Wildman–Crippen LogP) is 3.52. The van der Waals surface area contributed by atoms with Crippen LogP contribution in [0.4, 0.5) is 4.39 Å². The number of hydrogen-bond acceptors (Lipinski definition) is 4. The molecule has 2 rings (SSSR count). The van der Waals surface area contributed by atoms with Crippen LogP contribution in [0.3, 0.4) is 0 Å². The molecule has 2 N–H and O–H groups in total. The van der Waals surface area contributed by atoms with E-state index in [1.807, 2.05) is 6.07 Å². The normalized spacial score (nSPS) is 11.6. The number of rotatable bonds is 4. The van der Waals surface area contributed by atoms with Crippen molar-refractivity contribution in [3.8, 4) is 23.3 Å². The van der Waals surface area contributed by atoms with E-state index >= 15 is 0 Å². The highest BCUT2D eigenvalue weighted by Gasteiger charge is 2.15. The minimum absolute atomic E-state index is 0.291. The van der Waals surface area contributed by atoms with Crippen molar-refractivity contribution < 1.29 is 13.9 Å². The number of benzene rings is 2. The Balaban J connectivity index is 2.43. The fourth-order valence-electron chi connectivity index (χ4n) is 1.99. The topological polar surface area (TPSA) is 68.3 Å². The summed E-state index contributed by atoms with van der Waals surface area (Å²) in [6.07, 6.45) is 0. The number of ether oxygens (including phenoxy) is 2. The van der Waals surface area contributed by atoms with Crippen molar-refractivity contribution in [2.45, 2.75) is 13.0 Å². The van der Waals surface area contributed by atoms with Gasteiger partial charge in [-0.25, -0.2) is 4.39 Å². The zero-order valence-corrected chi connectivity index (χ0v) is 11.8. The molecule has 2 aromatic rings. The molecule has 0 fully saturated rings. The summed E-state index contributed by atoms with van der Waals surface area (Å²) in [6.45, 7) is 1.68. The number of methoxy groups -OCH3 is 1. The SMILES string of the molecule is COc1cc(C#N)cc(Oc2cccc(F)c2[C@@H](C)N)c1. The Hall–Kier alpha value is -2.58. The van der Waals surface area contributed by atoms with Crippen molar-refractivity contribution in [3.63, 3.8) is 0 Å². The summed E-state index contributed by atoms with van der Waals surface area (Å²) in [5, 5.41) is 8.99. The summed E-state index contributed by atoms with van der Waals surface area (Å²) in [7, 11) is 1.50. The molecule has 0 aliphatic rings. The lowest BCUT2D eigenvalue weighted by atomic mass is 10.1. The Bertz CT molecular complexity index is 693. The Labute approximate surface area is 122 Å². The van der Waals surface area contributed by atoms with Crippen molar-refractivity contribution in [3.05, 3.63) is 53.3 Å². The molecule has 0 saturated carbocycles. The number of nitrogens with two attached hydrogens (primary N) is 1. The summed E-state index contributed by atoms with van der Waals surface area (Å²) in [4.78, 5) is 0. The van der Waals surface area contributed by atoms with Gasteiger partial charge >= 0.3 is 0 Å². The third-order valence-electron chi connectivity index (χ3n) is 2.94. The first-order chi connectivity index (χ1) is 10.0. The van der Waals surface area contributed by atoms with Crippen LogP contribution in [0.25, 0.3) is 0 Å². The van der Waals surface area contributed by atoms with Gasteiger partial charge in [-0.05, 0) is 31.2 Å². The van der Waals surface area contributed by atoms with Crippen molar-refractivity contribution in [2.75, 3.05) is 7.11 Å². The third kappa shape index (κ3) is 3.30. The second-order valence-electron chi connectivity index (χ2n) is 4.55. The van der Waals surface area contributed by atoms with Gasteiger partial charge in [0.25, 0.3) is 0 Å². The Morgan fingerprint density at radius 3 is 2.57 bits per heavy atom. The van der Waals surface area contributed by atoms with Crippen LogP contribution in [-0.2, 0) is 0 Å². The van der Waals surface area contributed by atoms with E-state index in [0.29, 0.717) is 28.4 Å². The van der Waals surface area contributed by atoms with Crippen molar-refractivity contribution >= 4 is 0 Å². The quantitative estimate of drug-likeness (QED) is 0.933. The van der Waals surface area contributed by atoms with Gasteiger partial charge in [-0.15, -0.1) is 0 Å². The van der Waals surface area contributed by atoms with E-state index in [-0.39, 0.29) is 0 Å². The number of halogens is 1. The molecule has 0 aromatic heterocycles. The fraction of sp³-hybridized carbons (Fsp3) is 0.188. The lowest BCUT2D eigenvalue weighted by Gasteiger charge is -2.15. The standard InChI is InChI=1S/C16H15FN2O2/c1-10(19)16-14(17)4-3-5-15(16)21-13-7-11(9-18)6-12(8-13)20-2/h3-8,10H,19H2,1-2H3/t10-/m1/s1. The first kappa shape index (κ1) is 14.8. The van der Waals surface area contributed by atoms with Crippen LogP contribution in [-0.4, -0.2) is 7.11 Å². The molecule has 2 aromatic carbocycles. The van der Waals surface area contributed by atoms with Crippen LogP contribution in [0.15, 0.2) is 36.4 Å². The van der Waals surface area contributed by atoms with E-state index in [0.717, 1.165) is 0 Å². The molecule has 0 unspecified atom stereocenters. The van der Waals surface area contributed by atoms with Gasteiger partial charge < -0.3 is 15.2 Å². The van der Waals surface area contributed by atoms with Gasteiger partial charge in [0.15, 0.2) is 0 Å². The zero-order valence-electron chi connectivity index (χ0n) is 11.8. The Morgan fingerprint density at radius 1 is 1.24 bits per heavy atom. The number of nitrogens with zero attached hydrogens (tertiary/aromatic N) is 1. The lowest BCUT2D eigenvalue weighted by molar-refractivity contribution is 0.407. The lowest BCUT2D eigenvalue weighted by Crippen LogP contribution is -2.09. The third-order valence-corrected chi connectivity index (χ3v) is 2.94. The molecule has 0 amide bonds. The summed E-state index contributed by atoms with van der Waals surface area (Å²) in [5.41, 5.74) is 6.47. The zero-order chi connectivity index (χ0) is 15.4. The first-order valence-corrected chi connectivity index (χ1v) is 6.36. The van der Waals surface area contributed by atoms with Gasteiger partial charge in [0.2, 0.25) is 0 Å². The van der Waals surface area contributed by atoms with E-state index in [4.69, 9.17) is 20.5 Å². The van der Waals surface area contributed by atoms with Crippen LogP contribution >= 0.6 is 0 Å². The smallest absolute Gasteiger partial charge is 0.135 e. The monoisotopic (exact) mass is 286 g/mol. The molecular formula is C16H15FN2O2. The molecule has 0 aliphatic carbocycles. The summed E-state index contributed by atoms with van der Waals surface area (Å²) in [5.74, 6) is 0.772. The van der Waals surface area contributed by atoms with E-state index in [9.17, 15) is 4.39 Å². The first-order valence-electron chi connectivity index (χ1n) is 6.36. The highest BCUT2D eigenvalue weighted by molar-refractivity contribution is 5.47. The Kier molecular flexibility index (Phi) is 4.41. The van der Waals surface area contributed by atoms with Crippen molar-refractivity contribution in [2.24, 2.45) is 5.73 Å². The van der Waals surface area contributed by atoms with Gasteiger partial charge in [-0.3, -0.25) is 0 Å². The summed E-state index contributed by atoms with van der Waals surface area (Å²) >= 11 is 0. The molecule has 1 atom stereocenters. The Morgan fingerprint density at radius 2 is 1.95 bits per heavy atom. The predicted molar refractivity (Wildman–Crippen MR) is 76.8 cm³/mol. The maximum atomic E-state index is 13.9. The molecule has 0 radical (unpaired) electrons. The molecule has 5 heteroatoms. The second-order valence-corrected chi connectivity index (χ2v) is 4.55. The summed E-state index contributed by atoms with van der Waals surface area (Å²) in [6, 6.07) is 10.8. The van der Waals surface area contributed by atoms with Crippen molar-refractivity contribution in [1.29, 1.82) is 5.26 Å². The maximum absolute atomic E-state index is 13.9. The number of hydrogen-bond donors (Lipinski definition) is 1. The molecule has 4 nitrogen and oxygen atoms in total. The average molecular weight is 286 g/mol. The van der Waals surface area contributed by atoms with Crippen LogP contribution in [0.2, 0.25) is 0 Å². The molecule has 21 heavy (non-hydrogen) atoms. The minimum atomic E-state index is -0.512. The molecule has 0 saturated heterocycles.